The van der Waals surface area contributed by atoms with E-state index < -0.39 is 0 Å². The number of guanidine groups is 1. The number of rotatable bonds is 4. The van der Waals surface area contributed by atoms with Gasteiger partial charge in [-0.05, 0) is 19.1 Å². The van der Waals surface area contributed by atoms with Gasteiger partial charge in [-0.2, -0.15) is 5.10 Å². The molecule has 1 aromatic carbocycles. The summed E-state index contributed by atoms with van der Waals surface area (Å²) in [5, 5.41) is 11.7. The average molecular weight is 312 g/mol. The lowest BCUT2D eigenvalue weighted by Crippen LogP contribution is -2.38. The summed E-state index contributed by atoms with van der Waals surface area (Å²) in [4.78, 5) is 8.41. The summed E-state index contributed by atoms with van der Waals surface area (Å²) in [5.74, 6) is 2.39. The number of hydrogen-bond acceptors (Lipinski definition) is 4. The quantitative estimate of drug-likeness (QED) is 0.569. The van der Waals surface area contributed by atoms with Crippen LogP contribution in [-0.4, -0.2) is 27.8 Å². The summed E-state index contributed by atoms with van der Waals surface area (Å²) in [6.45, 7) is 2.58. The SMILES string of the molecule is CN=C(NCc1ncnn1C)NC(C)c1cc2ccccc2o1. The van der Waals surface area contributed by atoms with Crippen LogP contribution in [0.3, 0.4) is 0 Å². The lowest BCUT2D eigenvalue weighted by Gasteiger charge is -2.16. The third-order valence-electron chi connectivity index (χ3n) is 3.67. The standard InChI is InChI=1S/C16H20N6O/c1-11(14-8-12-6-4-5-7-13(12)23-14)21-16(17-2)18-9-15-19-10-20-22(15)3/h4-8,10-11H,9H2,1-3H3,(H2,17,18,21). The van der Waals surface area contributed by atoms with Gasteiger partial charge in [-0.25, -0.2) is 4.98 Å². The van der Waals surface area contributed by atoms with Crippen LogP contribution >= 0.6 is 0 Å². The Morgan fingerprint density at radius 3 is 2.91 bits per heavy atom. The molecule has 3 aromatic rings. The van der Waals surface area contributed by atoms with Gasteiger partial charge in [-0.3, -0.25) is 9.67 Å². The summed E-state index contributed by atoms with van der Waals surface area (Å²) < 4.78 is 7.60. The predicted molar refractivity (Wildman–Crippen MR) is 89.0 cm³/mol. The Kier molecular flexibility index (Phi) is 4.27. The molecule has 1 unspecified atom stereocenters. The molecule has 2 heterocycles. The van der Waals surface area contributed by atoms with Crippen LogP contribution in [0.5, 0.6) is 0 Å². The molecule has 23 heavy (non-hydrogen) atoms. The molecule has 2 N–H and O–H groups in total. The van der Waals surface area contributed by atoms with Crippen molar-refractivity contribution >= 4 is 16.9 Å². The minimum atomic E-state index is -0.00639. The Hall–Kier alpha value is -2.83. The van der Waals surface area contributed by atoms with E-state index in [1.54, 1.807) is 11.7 Å². The lowest BCUT2D eigenvalue weighted by molar-refractivity contribution is 0.488. The molecule has 0 bridgehead atoms. The molecule has 0 aliphatic heterocycles. The maximum atomic E-state index is 5.87. The summed E-state index contributed by atoms with van der Waals surface area (Å²) >= 11 is 0. The number of nitrogens with one attached hydrogen (secondary N) is 2. The highest BCUT2D eigenvalue weighted by molar-refractivity contribution is 5.81. The highest BCUT2D eigenvalue weighted by Crippen LogP contribution is 2.23. The van der Waals surface area contributed by atoms with Gasteiger partial charge in [0, 0.05) is 19.5 Å². The third kappa shape index (κ3) is 3.33. The molecule has 0 aliphatic rings. The minimum absolute atomic E-state index is 0.00639. The largest absolute Gasteiger partial charge is 0.459 e. The topological polar surface area (TPSA) is 80.3 Å². The minimum Gasteiger partial charge on any atom is -0.459 e. The normalized spacial score (nSPS) is 13.3. The van der Waals surface area contributed by atoms with Crippen LogP contribution in [0.1, 0.15) is 24.6 Å². The zero-order valence-electron chi connectivity index (χ0n) is 13.4. The molecular weight excluding hydrogens is 292 g/mol. The molecule has 2 aromatic heterocycles. The number of benzene rings is 1. The van der Waals surface area contributed by atoms with E-state index in [2.05, 4.69) is 25.7 Å². The molecule has 3 rings (SSSR count). The van der Waals surface area contributed by atoms with Crippen molar-refractivity contribution in [3.05, 3.63) is 48.2 Å². The van der Waals surface area contributed by atoms with Crippen LogP contribution in [0.25, 0.3) is 11.0 Å². The van der Waals surface area contributed by atoms with E-state index in [9.17, 15) is 0 Å². The number of nitrogens with zero attached hydrogens (tertiary/aromatic N) is 4. The van der Waals surface area contributed by atoms with Crippen LogP contribution < -0.4 is 10.6 Å². The summed E-state index contributed by atoms with van der Waals surface area (Å²) in [6.07, 6.45) is 1.53. The smallest absolute Gasteiger partial charge is 0.191 e. The molecule has 0 amide bonds. The van der Waals surface area contributed by atoms with E-state index in [0.717, 1.165) is 22.6 Å². The van der Waals surface area contributed by atoms with Crippen LogP contribution in [0, 0.1) is 0 Å². The molecule has 0 fully saturated rings. The van der Waals surface area contributed by atoms with Gasteiger partial charge in [0.15, 0.2) is 5.96 Å². The molecule has 0 spiro atoms. The van der Waals surface area contributed by atoms with Crippen molar-refractivity contribution in [2.75, 3.05) is 7.05 Å². The van der Waals surface area contributed by atoms with Gasteiger partial charge in [0.05, 0.1) is 12.6 Å². The van der Waals surface area contributed by atoms with Crippen molar-refractivity contribution in [1.29, 1.82) is 0 Å². The van der Waals surface area contributed by atoms with Gasteiger partial charge in [-0.1, -0.05) is 18.2 Å². The summed E-state index contributed by atoms with van der Waals surface area (Å²) in [7, 11) is 3.59. The van der Waals surface area contributed by atoms with Crippen molar-refractivity contribution < 1.29 is 4.42 Å². The van der Waals surface area contributed by atoms with Gasteiger partial charge in [0.25, 0.3) is 0 Å². The third-order valence-corrected chi connectivity index (χ3v) is 3.67. The predicted octanol–water partition coefficient (Wildman–Crippen LogP) is 1.99. The molecule has 7 nitrogen and oxygen atoms in total. The summed E-state index contributed by atoms with van der Waals surface area (Å²) in [5.41, 5.74) is 0.887. The Morgan fingerprint density at radius 2 is 2.22 bits per heavy atom. The fourth-order valence-corrected chi connectivity index (χ4v) is 2.33. The molecule has 0 radical (unpaired) electrons. The number of aryl methyl sites for hydroxylation is 1. The first-order chi connectivity index (χ1) is 11.2. The molecule has 0 saturated carbocycles. The Balaban J connectivity index is 1.65. The zero-order valence-corrected chi connectivity index (χ0v) is 13.4. The highest BCUT2D eigenvalue weighted by atomic mass is 16.3. The molecule has 1 atom stereocenters. The van der Waals surface area contributed by atoms with E-state index in [1.807, 2.05) is 44.3 Å². The average Bonchev–Trinajstić information content (AvgIpc) is 3.17. The second kappa shape index (κ2) is 6.51. The van der Waals surface area contributed by atoms with Crippen LogP contribution in [0.15, 0.2) is 46.1 Å². The fourth-order valence-electron chi connectivity index (χ4n) is 2.33. The van der Waals surface area contributed by atoms with E-state index >= 15 is 0 Å². The zero-order chi connectivity index (χ0) is 16.2. The lowest BCUT2D eigenvalue weighted by atomic mass is 10.2. The highest BCUT2D eigenvalue weighted by Gasteiger charge is 2.13. The number of para-hydroxylation sites is 1. The Morgan fingerprint density at radius 1 is 1.39 bits per heavy atom. The van der Waals surface area contributed by atoms with E-state index in [4.69, 9.17) is 4.42 Å². The number of furan rings is 1. The molecule has 120 valence electrons. The van der Waals surface area contributed by atoms with Gasteiger partial charge in [-0.15, -0.1) is 0 Å². The Bertz CT molecular complexity index is 786. The maximum Gasteiger partial charge on any atom is 0.191 e. The first-order valence-corrected chi connectivity index (χ1v) is 7.46. The van der Waals surface area contributed by atoms with E-state index in [1.165, 1.54) is 6.33 Å². The monoisotopic (exact) mass is 312 g/mol. The van der Waals surface area contributed by atoms with Crippen molar-refractivity contribution in [3.63, 3.8) is 0 Å². The number of fused-ring (bicyclic) bond motifs is 1. The summed E-state index contributed by atoms with van der Waals surface area (Å²) in [6, 6.07) is 10.0. The van der Waals surface area contributed by atoms with Gasteiger partial charge in [0.1, 0.15) is 23.5 Å². The number of aliphatic imine (C=N–C) groups is 1. The first-order valence-electron chi connectivity index (χ1n) is 7.46. The van der Waals surface area contributed by atoms with Crippen LogP contribution in [0.2, 0.25) is 0 Å². The molecule has 0 saturated heterocycles. The van der Waals surface area contributed by atoms with Crippen molar-refractivity contribution in [2.24, 2.45) is 12.0 Å². The van der Waals surface area contributed by atoms with Crippen molar-refractivity contribution in [2.45, 2.75) is 19.5 Å². The van der Waals surface area contributed by atoms with Gasteiger partial charge < -0.3 is 15.1 Å². The molecular formula is C16H20N6O. The van der Waals surface area contributed by atoms with E-state index in [0.29, 0.717) is 12.5 Å². The van der Waals surface area contributed by atoms with E-state index in [-0.39, 0.29) is 6.04 Å². The van der Waals surface area contributed by atoms with Crippen molar-refractivity contribution in [1.82, 2.24) is 25.4 Å². The van der Waals surface area contributed by atoms with Gasteiger partial charge >= 0.3 is 0 Å². The molecule has 0 aliphatic carbocycles. The fraction of sp³-hybridized carbons (Fsp3) is 0.312. The molecule has 7 heteroatoms. The number of hydrogen-bond donors (Lipinski definition) is 2. The van der Waals surface area contributed by atoms with Crippen LogP contribution in [0.4, 0.5) is 0 Å². The van der Waals surface area contributed by atoms with Crippen molar-refractivity contribution in [3.8, 4) is 0 Å². The first kappa shape index (κ1) is 15.1. The van der Waals surface area contributed by atoms with Gasteiger partial charge in [0.2, 0.25) is 0 Å². The van der Waals surface area contributed by atoms with Crippen LogP contribution in [-0.2, 0) is 13.6 Å². The second-order valence-corrected chi connectivity index (χ2v) is 5.28. The second-order valence-electron chi connectivity index (χ2n) is 5.28. The maximum absolute atomic E-state index is 5.87. The number of aromatic nitrogens is 3. The Labute approximate surface area is 134 Å².